The van der Waals surface area contributed by atoms with Crippen molar-refractivity contribution in [1.82, 2.24) is 9.13 Å². The van der Waals surface area contributed by atoms with E-state index in [0.717, 1.165) is 15.3 Å². The molecule has 0 amide bonds. The highest BCUT2D eigenvalue weighted by Crippen LogP contribution is 2.01. The number of nitrogens with zero attached hydrogens (tertiary/aromatic N) is 2. The van der Waals surface area contributed by atoms with Crippen molar-refractivity contribution in [3.63, 3.8) is 0 Å². The van der Waals surface area contributed by atoms with Crippen LogP contribution in [0.4, 0.5) is 0 Å². The second kappa shape index (κ2) is 4.33. The summed E-state index contributed by atoms with van der Waals surface area (Å²) in [4.78, 5) is 34.8. The maximum atomic E-state index is 12.0. The molecule has 0 aliphatic heterocycles. The standard InChI is InChI=1S/C12H10N2O4/c1-13-7-9(11(16)17)10(15)14(12(13)18)8-5-3-2-4-6-8/h2-7H,1H3,(H,16,17). The molecule has 0 unspecified atom stereocenters. The van der Waals surface area contributed by atoms with E-state index in [0.29, 0.717) is 5.69 Å². The van der Waals surface area contributed by atoms with Crippen LogP contribution in [0.1, 0.15) is 10.4 Å². The summed E-state index contributed by atoms with van der Waals surface area (Å²) in [7, 11) is 1.40. The first-order chi connectivity index (χ1) is 8.52. The fourth-order valence-corrected chi connectivity index (χ4v) is 1.62. The molecule has 0 aliphatic rings. The van der Waals surface area contributed by atoms with Gasteiger partial charge in [0.2, 0.25) is 0 Å². The average molecular weight is 246 g/mol. The predicted octanol–water partition coefficient (Wildman–Crippen LogP) is 0.234. The summed E-state index contributed by atoms with van der Waals surface area (Å²) in [6.07, 6.45) is 1.02. The maximum absolute atomic E-state index is 12.0. The van der Waals surface area contributed by atoms with Crippen LogP contribution in [-0.4, -0.2) is 20.2 Å². The molecular formula is C12H10N2O4. The summed E-state index contributed by atoms with van der Waals surface area (Å²) >= 11 is 0. The molecule has 0 saturated carbocycles. The molecule has 2 rings (SSSR count). The summed E-state index contributed by atoms with van der Waals surface area (Å²) in [6.45, 7) is 0. The van der Waals surface area contributed by atoms with Crippen LogP contribution in [0.2, 0.25) is 0 Å². The van der Waals surface area contributed by atoms with Crippen molar-refractivity contribution in [3.8, 4) is 5.69 Å². The molecule has 0 spiro atoms. The van der Waals surface area contributed by atoms with Gasteiger partial charge < -0.3 is 9.67 Å². The molecule has 18 heavy (non-hydrogen) atoms. The second-order valence-electron chi connectivity index (χ2n) is 3.72. The highest BCUT2D eigenvalue weighted by Gasteiger charge is 2.15. The maximum Gasteiger partial charge on any atom is 0.342 e. The van der Waals surface area contributed by atoms with Crippen molar-refractivity contribution in [2.24, 2.45) is 7.05 Å². The first-order valence-electron chi connectivity index (χ1n) is 5.14. The lowest BCUT2D eigenvalue weighted by molar-refractivity contribution is 0.0693. The van der Waals surface area contributed by atoms with Gasteiger partial charge in [0.05, 0.1) is 5.69 Å². The normalized spacial score (nSPS) is 10.3. The van der Waals surface area contributed by atoms with Gasteiger partial charge in [-0.2, -0.15) is 0 Å². The van der Waals surface area contributed by atoms with E-state index in [4.69, 9.17) is 5.11 Å². The third-order valence-electron chi connectivity index (χ3n) is 2.49. The number of rotatable bonds is 2. The minimum Gasteiger partial charge on any atom is -0.477 e. The summed E-state index contributed by atoms with van der Waals surface area (Å²) in [5, 5.41) is 8.92. The highest BCUT2D eigenvalue weighted by molar-refractivity contribution is 5.86. The molecule has 6 nitrogen and oxygen atoms in total. The number of carboxylic acid groups (broad SMARTS) is 1. The van der Waals surface area contributed by atoms with E-state index in [1.165, 1.54) is 7.05 Å². The van der Waals surface area contributed by atoms with E-state index in [1.807, 2.05) is 0 Å². The molecule has 0 atom stereocenters. The SMILES string of the molecule is Cn1cc(C(=O)O)c(=O)n(-c2ccccc2)c1=O. The largest absolute Gasteiger partial charge is 0.477 e. The van der Waals surface area contributed by atoms with Gasteiger partial charge in [-0.15, -0.1) is 0 Å². The number of para-hydroxylation sites is 1. The van der Waals surface area contributed by atoms with Crippen LogP contribution < -0.4 is 11.2 Å². The Balaban J connectivity index is 2.87. The smallest absolute Gasteiger partial charge is 0.342 e. The number of aromatic carboxylic acids is 1. The molecule has 92 valence electrons. The Labute approximate surface area is 101 Å². The lowest BCUT2D eigenvalue weighted by atomic mass is 10.3. The summed E-state index contributed by atoms with van der Waals surface area (Å²) < 4.78 is 1.90. The zero-order valence-corrected chi connectivity index (χ0v) is 9.53. The van der Waals surface area contributed by atoms with Crippen molar-refractivity contribution in [2.45, 2.75) is 0 Å². The second-order valence-corrected chi connectivity index (χ2v) is 3.72. The zero-order valence-electron chi connectivity index (χ0n) is 9.53. The van der Waals surface area contributed by atoms with E-state index >= 15 is 0 Å². The molecule has 0 saturated heterocycles. The molecular weight excluding hydrogens is 236 g/mol. The Bertz CT molecular complexity index is 713. The predicted molar refractivity (Wildman–Crippen MR) is 64.2 cm³/mol. The number of carboxylic acids is 1. The van der Waals surface area contributed by atoms with Gasteiger partial charge >= 0.3 is 11.7 Å². The molecule has 1 aromatic heterocycles. The number of hydrogen-bond acceptors (Lipinski definition) is 3. The third kappa shape index (κ3) is 1.84. The van der Waals surface area contributed by atoms with Gasteiger partial charge in [-0.05, 0) is 12.1 Å². The monoisotopic (exact) mass is 246 g/mol. The van der Waals surface area contributed by atoms with Crippen LogP contribution in [0.15, 0.2) is 46.1 Å². The van der Waals surface area contributed by atoms with Gasteiger partial charge in [0.15, 0.2) is 0 Å². The number of aryl methyl sites for hydroxylation is 1. The molecule has 0 radical (unpaired) electrons. The Kier molecular flexibility index (Phi) is 2.85. The third-order valence-corrected chi connectivity index (χ3v) is 2.49. The summed E-state index contributed by atoms with van der Waals surface area (Å²) in [6, 6.07) is 8.19. The minimum atomic E-state index is -1.36. The van der Waals surface area contributed by atoms with Crippen molar-refractivity contribution in [3.05, 3.63) is 62.9 Å². The summed E-state index contributed by atoms with van der Waals surface area (Å²) in [5.41, 5.74) is -1.53. The molecule has 1 aromatic carbocycles. The van der Waals surface area contributed by atoms with Gasteiger partial charge in [0.25, 0.3) is 5.56 Å². The first-order valence-corrected chi connectivity index (χ1v) is 5.14. The van der Waals surface area contributed by atoms with Crippen LogP contribution in [-0.2, 0) is 7.05 Å². The number of benzene rings is 1. The summed E-state index contributed by atoms with van der Waals surface area (Å²) in [5.74, 6) is -1.36. The van der Waals surface area contributed by atoms with Gasteiger partial charge in [-0.3, -0.25) is 4.79 Å². The highest BCUT2D eigenvalue weighted by atomic mass is 16.4. The van der Waals surface area contributed by atoms with Gasteiger partial charge in [0, 0.05) is 13.2 Å². The fraction of sp³-hybridized carbons (Fsp3) is 0.0833. The number of carbonyl (C=O) groups is 1. The zero-order chi connectivity index (χ0) is 13.3. The Morgan fingerprint density at radius 1 is 1.17 bits per heavy atom. The first kappa shape index (κ1) is 11.8. The molecule has 0 bridgehead atoms. The van der Waals surface area contributed by atoms with Crippen molar-refractivity contribution < 1.29 is 9.90 Å². The van der Waals surface area contributed by atoms with Crippen molar-refractivity contribution >= 4 is 5.97 Å². The molecule has 0 fully saturated rings. The molecule has 6 heteroatoms. The van der Waals surface area contributed by atoms with E-state index in [9.17, 15) is 14.4 Å². The molecule has 1 heterocycles. The fourth-order valence-electron chi connectivity index (χ4n) is 1.62. The van der Waals surface area contributed by atoms with E-state index in [-0.39, 0.29) is 0 Å². The van der Waals surface area contributed by atoms with Crippen LogP contribution in [0.3, 0.4) is 0 Å². The molecule has 1 N–H and O–H groups in total. The quantitative estimate of drug-likeness (QED) is 0.822. The average Bonchev–Trinajstić information content (AvgIpc) is 2.35. The molecule has 2 aromatic rings. The van der Waals surface area contributed by atoms with Crippen molar-refractivity contribution in [2.75, 3.05) is 0 Å². The van der Waals surface area contributed by atoms with E-state index in [2.05, 4.69) is 0 Å². The van der Waals surface area contributed by atoms with Crippen molar-refractivity contribution in [1.29, 1.82) is 0 Å². The number of hydrogen-bond donors (Lipinski definition) is 1. The van der Waals surface area contributed by atoms with Gasteiger partial charge in [0.1, 0.15) is 5.56 Å². The molecule has 0 aliphatic carbocycles. The van der Waals surface area contributed by atoms with Crippen LogP contribution in [0.5, 0.6) is 0 Å². The number of aromatic nitrogens is 2. The van der Waals surface area contributed by atoms with E-state index in [1.54, 1.807) is 30.3 Å². The van der Waals surface area contributed by atoms with Crippen LogP contribution >= 0.6 is 0 Å². The Morgan fingerprint density at radius 2 is 1.78 bits per heavy atom. The Morgan fingerprint density at radius 3 is 2.33 bits per heavy atom. The van der Waals surface area contributed by atoms with Crippen LogP contribution in [0.25, 0.3) is 5.69 Å². The lowest BCUT2D eigenvalue weighted by Crippen LogP contribution is -2.40. The minimum absolute atomic E-state index is 0.339. The lowest BCUT2D eigenvalue weighted by Gasteiger charge is -2.08. The van der Waals surface area contributed by atoms with Gasteiger partial charge in [-0.25, -0.2) is 14.2 Å². The topological polar surface area (TPSA) is 81.3 Å². The van der Waals surface area contributed by atoms with Gasteiger partial charge in [-0.1, -0.05) is 18.2 Å². The van der Waals surface area contributed by atoms with E-state index < -0.39 is 22.8 Å². The Hall–Kier alpha value is -2.63. The van der Waals surface area contributed by atoms with Crippen LogP contribution in [0, 0.1) is 0 Å².